The summed E-state index contributed by atoms with van der Waals surface area (Å²) in [6, 6.07) is 4.78. The van der Waals surface area contributed by atoms with Crippen LogP contribution in [0.2, 0.25) is 10.0 Å². The number of carbonyl (C=O) groups is 1. The summed E-state index contributed by atoms with van der Waals surface area (Å²) in [5.74, 6) is -0.791. The van der Waals surface area contributed by atoms with E-state index in [2.05, 4.69) is 4.90 Å². The summed E-state index contributed by atoms with van der Waals surface area (Å²) < 4.78 is 0. The first kappa shape index (κ1) is 15.6. The second-order valence-corrected chi connectivity index (χ2v) is 5.96. The molecule has 0 aromatic heterocycles. The molecule has 0 bridgehead atoms. The molecule has 20 heavy (non-hydrogen) atoms. The van der Waals surface area contributed by atoms with Crippen LogP contribution in [-0.2, 0) is 11.2 Å². The first-order chi connectivity index (χ1) is 9.47. The lowest BCUT2D eigenvalue weighted by atomic mass is 10.0. The van der Waals surface area contributed by atoms with E-state index in [1.54, 1.807) is 12.1 Å². The van der Waals surface area contributed by atoms with Gasteiger partial charge in [-0.05, 0) is 31.2 Å². The van der Waals surface area contributed by atoms with Crippen molar-refractivity contribution in [3.8, 4) is 0 Å². The second-order valence-electron chi connectivity index (χ2n) is 5.15. The van der Waals surface area contributed by atoms with Crippen molar-refractivity contribution in [2.75, 3.05) is 33.2 Å². The SMILES string of the molecule is CN1CCN(C(Cc2ccc(Cl)c(Cl)c2)C(=O)O)CC1. The Morgan fingerprint density at radius 2 is 1.90 bits per heavy atom. The summed E-state index contributed by atoms with van der Waals surface area (Å²) in [6.45, 7) is 3.33. The summed E-state index contributed by atoms with van der Waals surface area (Å²) >= 11 is 11.9. The number of carboxylic acid groups (broad SMARTS) is 1. The number of nitrogens with zero attached hydrogens (tertiary/aromatic N) is 2. The number of aliphatic carboxylic acids is 1. The van der Waals surface area contributed by atoms with Crippen molar-refractivity contribution in [1.82, 2.24) is 9.80 Å². The van der Waals surface area contributed by atoms with Crippen LogP contribution in [0, 0.1) is 0 Å². The van der Waals surface area contributed by atoms with E-state index in [0.29, 0.717) is 16.5 Å². The predicted octanol–water partition coefficient (Wildman–Crippen LogP) is 2.24. The molecule has 1 aromatic rings. The van der Waals surface area contributed by atoms with Crippen LogP contribution in [0.25, 0.3) is 0 Å². The van der Waals surface area contributed by atoms with Gasteiger partial charge < -0.3 is 10.0 Å². The van der Waals surface area contributed by atoms with Gasteiger partial charge in [-0.25, -0.2) is 0 Å². The molecule has 1 aromatic carbocycles. The van der Waals surface area contributed by atoms with Crippen LogP contribution in [0.15, 0.2) is 18.2 Å². The minimum Gasteiger partial charge on any atom is -0.480 e. The molecule has 0 saturated carbocycles. The molecule has 1 fully saturated rings. The third kappa shape index (κ3) is 3.85. The Kier molecular flexibility index (Phi) is 5.27. The first-order valence-electron chi connectivity index (χ1n) is 6.56. The fourth-order valence-corrected chi connectivity index (χ4v) is 2.72. The van der Waals surface area contributed by atoms with Crippen LogP contribution in [-0.4, -0.2) is 60.1 Å². The van der Waals surface area contributed by atoms with Crippen molar-refractivity contribution in [2.45, 2.75) is 12.5 Å². The number of carboxylic acids is 1. The van der Waals surface area contributed by atoms with Crippen molar-refractivity contribution in [2.24, 2.45) is 0 Å². The van der Waals surface area contributed by atoms with Crippen LogP contribution in [0.4, 0.5) is 0 Å². The predicted molar refractivity (Wildman–Crippen MR) is 80.7 cm³/mol. The molecular formula is C14H18Cl2N2O2. The molecule has 110 valence electrons. The zero-order valence-corrected chi connectivity index (χ0v) is 12.9. The summed E-state index contributed by atoms with van der Waals surface area (Å²) in [4.78, 5) is 15.7. The maximum Gasteiger partial charge on any atom is 0.321 e. The number of hydrogen-bond acceptors (Lipinski definition) is 3. The van der Waals surface area contributed by atoms with Gasteiger partial charge in [0.25, 0.3) is 0 Å². The molecule has 1 aliphatic heterocycles. The Balaban J connectivity index is 2.09. The molecule has 1 atom stereocenters. The standard InChI is InChI=1S/C14H18Cl2N2O2/c1-17-4-6-18(7-5-17)13(14(19)20)9-10-2-3-11(15)12(16)8-10/h2-3,8,13H,4-7,9H2,1H3,(H,19,20). The minimum atomic E-state index is -0.791. The van der Waals surface area contributed by atoms with Crippen LogP contribution in [0.3, 0.4) is 0 Å². The zero-order valence-electron chi connectivity index (χ0n) is 11.4. The largest absolute Gasteiger partial charge is 0.480 e. The number of piperazine rings is 1. The molecule has 1 saturated heterocycles. The van der Waals surface area contributed by atoms with Gasteiger partial charge in [-0.3, -0.25) is 9.69 Å². The molecule has 1 unspecified atom stereocenters. The highest BCUT2D eigenvalue weighted by Crippen LogP contribution is 2.24. The van der Waals surface area contributed by atoms with Crippen LogP contribution in [0.5, 0.6) is 0 Å². The minimum absolute atomic E-state index is 0.440. The topological polar surface area (TPSA) is 43.8 Å². The average Bonchev–Trinajstić information content (AvgIpc) is 2.41. The second kappa shape index (κ2) is 6.76. The van der Waals surface area contributed by atoms with Gasteiger partial charge in [0, 0.05) is 26.2 Å². The Labute approximate surface area is 128 Å². The maximum absolute atomic E-state index is 11.5. The zero-order chi connectivity index (χ0) is 14.7. The van der Waals surface area contributed by atoms with E-state index in [0.717, 1.165) is 31.7 Å². The Morgan fingerprint density at radius 1 is 1.25 bits per heavy atom. The number of likely N-dealkylation sites (N-methyl/N-ethyl adjacent to an activating group) is 1. The molecule has 2 rings (SSSR count). The molecule has 0 radical (unpaired) electrons. The normalized spacial score (nSPS) is 18.9. The van der Waals surface area contributed by atoms with Crippen LogP contribution >= 0.6 is 23.2 Å². The van der Waals surface area contributed by atoms with Crippen LogP contribution in [0.1, 0.15) is 5.56 Å². The summed E-state index contributed by atoms with van der Waals surface area (Å²) in [5.41, 5.74) is 0.894. The first-order valence-corrected chi connectivity index (χ1v) is 7.32. The molecule has 4 nitrogen and oxygen atoms in total. The van der Waals surface area contributed by atoms with Crippen molar-refractivity contribution in [3.63, 3.8) is 0 Å². The van der Waals surface area contributed by atoms with Gasteiger partial charge >= 0.3 is 5.97 Å². The monoisotopic (exact) mass is 316 g/mol. The molecule has 0 amide bonds. The van der Waals surface area contributed by atoms with Crippen molar-refractivity contribution < 1.29 is 9.90 Å². The molecule has 0 aliphatic carbocycles. The molecule has 6 heteroatoms. The Bertz CT molecular complexity index is 488. The fourth-order valence-electron chi connectivity index (χ4n) is 2.40. The van der Waals surface area contributed by atoms with E-state index in [1.165, 1.54) is 0 Å². The van der Waals surface area contributed by atoms with Crippen molar-refractivity contribution >= 4 is 29.2 Å². The van der Waals surface area contributed by atoms with Gasteiger partial charge in [0.05, 0.1) is 10.0 Å². The third-order valence-electron chi connectivity index (χ3n) is 3.68. The number of hydrogen-bond donors (Lipinski definition) is 1. The third-order valence-corrected chi connectivity index (χ3v) is 4.42. The number of benzene rings is 1. The lowest BCUT2D eigenvalue weighted by Gasteiger charge is -2.36. The van der Waals surface area contributed by atoms with E-state index in [9.17, 15) is 9.90 Å². The fraction of sp³-hybridized carbons (Fsp3) is 0.500. The van der Waals surface area contributed by atoms with Gasteiger partial charge in [-0.1, -0.05) is 29.3 Å². The number of halogens is 2. The van der Waals surface area contributed by atoms with Gasteiger partial charge in [0.1, 0.15) is 6.04 Å². The van der Waals surface area contributed by atoms with Crippen molar-refractivity contribution in [1.29, 1.82) is 0 Å². The average molecular weight is 317 g/mol. The quantitative estimate of drug-likeness (QED) is 0.925. The molecule has 1 heterocycles. The molecule has 1 aliphatic rings. The van der Waals surface area contributed by atoms with Gasteiger partial charge in [-0.2, -0.15) is 0 Å². The van der Waals surface area contributed by atoms with E-state index >= 15 is 0 Å². The molecular weight excluding hydrogens is 299 g/mol. The highest BCUT2D eigenvalue weighted by molar-refractivity contribution is 6.42. The van der Waals surface area contributed by atoms with E-state index in [4.69, 9.17) is 23.2 Å². The van der Waals surface area contributed by atoms with Gasteiger partial charge in [0.2, 0.25) is 0 Å². The maximum atomic E-state index is 11.5. The highest BCUT2D eigenvalue weighted by Gasteiger charge is 2.28. The summed E-state index contributed by atoms with van der Waals surface area (Å²) in [7, 11) is 2.05. The smallest absolute Gasteiger partial charge is 0.321 e. The lowest BCUT2D eigenvalue weighted by molar-refractivity contribution is -0.144. The van der Waals surface area contributed by atoms with E-state index in [1.807, 2.05) is 18.0 Å². The number of rotatable bonds is 4. The van der Waals surface area contributed by atoms with Gasteiger partial charge in [0.15, 0.2) is 0 Å². The molecule has 1 N–H and O–H groups in total. The van der Waals surface area contributed by atoms with E-state index < -0.39 is 12.0 Å². The Hall–Kier alpha value is -0.810. The van der Waals surface area contributed by atoms with E-state index in [-0.39, 0.29) is 0 Å². The highest BCUT2D eigenvalue weighted by atomic mass is 35.5. The Morgan fingerprint density at radius 3 is 2.45 bits per heavy atom. The van der Waals surface area contributed by atoms with Crippen LogP contribution < -0.4 is 0 Å². The summed E-state index contributed by atoms with van der Waals surface area (Å²) in [5, 5.41) is 10.4. The molecule has 0 spiro atoms. The van der Waals surface area contributed by atoms with Crippen molar-refractivity contribution in [3.05, 3.63) is 33.8 Å². The summed E-state index contributed by atoms with van der Waals surface area (Å²) in [6.07, 6.45) is 0.440. The lowest BCUT2D eigenvalue weighted by Crippen LogP contribution is -2.52. The van der Waals surface area contributed by atoms with Gasteiger partial charge in [-0.15, -0.1) is 0 Å².